The van der Waals surface area contributed by atoms with E-state index in [1.54, 1.807) is 66.7 Å². The van der Waals surface area contributed by atoms with E-state index in [-0.39, 0.29) is 39.2 Å². The number of carboxylic acids is 1. The standard InChI is InChI=1S/C46H46N4O10/c51-37(26-47-45(56)59-28-31-13-6-2-7-14-31)25-39-43(53)49-40(44(54)55)22-33-17-10-18-34(21-33)35-19-20-41(58-27-30-11-4-1-5-12-30)36(23-35)24-38(42(52)48-39)50-46(57)60-29-32-15-8-3-9-16-32/h1-21,23,37-40,51H,22,24-29H2,(H,47,56)(H,48,52)(H,49,53)(H,50,57)(H,54,55)/t37-,38+,39+,40+/m1/s1. The summed E-state index contributed by atoms with van der Waals surface area (Å²) in [5, 5.41) is 31.5. The van der Waals surface area contributed by atoms with Gasteiger partial charge in [-0.1, -0.05) is 121 Å². The number of benzene rings is 5. The van der Waals surface area contributed by atoms with Crippen molar-refractivity contribution in [2.24, 2.45) is 0 Å². The molecule has 0 saturated heterocycles. The van der Waals surface area contributed by atoms with Gasteiger partial charge in [-0.05, 0) is 51.1 Å². The minimum Gasteiger partial charge on any atom is -0.489 e. The molecular weight excluding hydrogens is 769 g/mol. The second-order valence-corrected chi connectivity index (χ2v) is 14.3. The molecular formula is C46H46N4O10. The molecule has 14 heteroatoms. The highest BCUT2D eigenvalue weighted by Gasteiger charge is 2.32. The second kappa shape index (κ2) is 21.0. The monoisotopic (exact) mass is 814 g/mol. The Balaban J connectivity index is 1.29. The molecule has 1 heterocycles. The van der Waals surface area contributed by atoms with Crippen molar-refractivity contribution in [1.29, 1.82) is 0 Å². The number of amides is 4. The summed E-state index contributed by atoms with van der Waals surface area (Å²) in [4.78, 5) is 66.6. The van der Waals surface area contributed by atoms with Crippen molar-refractivity contribution in [1.82, 2.24) is 21.3 Å². The average molecular weight is 815 g/mol. The summed E-state index contributed by atoms with van der Waals surface area (Å²) in [7, 11) is 0. The van der Waals surface area contributed by atoms with Crippen molar-refractivity contribution in [3.05, 3.63) is 161 Å². The van der Waals surface area contributed by atoms with Crippen LogP contribution in [0.25, 0.3) is 11.1 Å². The maximum Gasteiger partial charge on any atom is 0.408 e. The van der Waals surface area contributed by atoms with Crippen LogP contribution in [0.1, 0.15) is 34.2 Å². The van der Waals surface area contributed by atoms with Crippen LogP contribution in [-0.4, -0.2) is 71.0 Å². The maximum atomic E-state index is 14.3. The molecule has 6 N–H and O–H groups in total. The molecule has 4 amide bonds. The van der Waals surface area contributed by atoms with Crippen molar-refractivity contribution < 1.29 is 48.4 Å². The first-order valence-electron chi connectivity index (χ1n) is 19.4. The summed E-state index contributed by atoms with van der Waals surface area (Å²) >= 11 is 0. The minimum absolute atomic E-state index is 0.0204. The number of nitrogens with one attached hydrogen (secondary N) is 4. The van der Waals surface area contributed by atoms with E-state index in [4.69, 9.17) is 14.2 Å². The van der Waals surface area contributed by atoms with Crippen LogP contribution < -0.4 is 26.0 Å². The Morgan fingerprint density at radius 2 is 1.27 bits per heavy atom. The molecule has 0 radical (unpaired) electrons. The van der Waals surface area contributed by atoms with Crippen molar-refractivity contribution in [3.63, 3.8) is 0 Å². The van der Waals surface area contributed by atoms with E-state index in [0.29, 0.717) is 22.4 Å². The Bertz CT molecular complexity index is 2240. The lowest BCUT2D eigenvalue weighted by molar-refractivity contribution is -0.142. The number of fused-ring (bicyclic) bond motifs is 5. The second-order valence-electron chi connectivity index (χ2n) is 14.3. The SMILES string of the molecule is O=C(NC[C@H](O)C[C@@H]1NC(=O)[C@@H](NC(=O)OCc2ccccc2)Cc2cc(ccc2OCc2ccccc2)-c2cccc(c2)C[C@@H](C(=O)O)NC1=O)OCc1ccccc1. The fourth-order valence-corrected chi connectivity index (χ4v) is 6.55. The zero-order chi connectivity index (χ0) is 42.3. The number of aliphatic carboxylic acids is 1. The largest absolute Gasteiger partial charge is 0.489 e. The van der Waals surface area contributed by atoms with Crippen LogP contribution >= 0.6 is 0 Å². The third-order valence-corrected chi connectivity index (χ3v) is 9.69. The third kappa shape index (κ3) is 12.7. The van der Waals surface area contributed by atoms with E-state index in [1.807, 2.05) is 66.7 Å². The normalized spacial score (nSPS) is 17.0. The average Bonchev–Trinajstić information content (AvgIpc) is 3.26. The molecule has 4 bridgehead atoms. The highest BCUT2D eigenvalue weighted by Crippen LogP contribution is 2.30. The summed E-state index contributed by atoms with van der Waals surface area (Å²) in [5.74, 6) is -2.64. The van der Waals surface area contributed by atoms with E-state index in [0.717, 1.165) is 22.3 Å². The van der Waals surface area contributed by atoms with Gasteiger partial charge < -0.3 is 45.7 Å². The van der Waals surface area contributed by atoms with Gasteiger partial charge in [0.15, 0.2) is 0 Å². The molecule has 0 saturated carbocycles. The fourth-order valence-electron chi connectivity index (χ4n) is 6.55. The number of alkyl carbamates (subject to hydrolysis) is 2. The molecule has 14 nitrogen and oxygen atoms in total. The fraction of sp³-hybridized carbons (Fsp3) is 0.239. The molecule has 0 aliphatic carbocycles. The van der Waals surface area contributed by atoms with E-state index in [1.165, 1.54) is 0 Å². The number of aliphatic hydroxyl groups excluding tert-OH is 1. The summed E-state index contributed by atoms with van der Waals surface area (Å²) in [6.07, 6.45) is -3.85. The smallest absolute Gasteiger partial charge is 0.408 e. The quantitative estimate of drug-likeness (QED) is 0.0934. The minimum atomic E-state index is -1.53. The first-order valence-corrected chi connectivity index (χ1v) is 19.4. The summed E-state index contributed by atoms with van der Waals surface area (Å²) in [6, 6.07) is 35.7. The van der Waals surface area contributed by atoms with Crippen LogP contribution in [0.15, 0.2) is 133 Å². The predicted octanol–water partition coefficient (Wildman–Crippen LogP) is 5.06. The molecule has 1 aliphatic heterocycles. The Kier molecular flexibility index (Phi) is 14.8. The van der Waals surface area contributed by atoms with Crippen LogP contribution in [0.2, 0.25) is 0 Å². The number of ether oxygens (including phenoxy) is 3. The zero-order valence-electron chi connectivity index (χ0n) is 32.6. The maximum absolute atomic E-state index is 14.3. The highest BCUT2D eigenvalue weighted by molar-refractivity contribution is 5.93. The van der Waals surface area contributed by atoms with E-state index < -0.39 is 60.6 Å². The van der Waals surface area contributed by atoms with Crippen LogP contribution in [0.4, 0.5) is 9.59 Å². The number of carboxylic acid groups (broad SMARTS) is 1. The van der Waals surface area contributed by atoms with Gasteiger partial charge in [0.25, 0.3) is 0 Å². The molecule has 5 aromatic rings. The molecule has 4 atom stereocenters. The lowest BCUT2D eigenvalue weighted by atomic mass is 9.96. The van der Waals surface area contributed by atoms with Gasteiger partial charge in [0.1, 0.15) is 43.7 Å². The number of hydrogen-bond donors (Lipinski definition) is 6. The zero-order valence-corrected chi connectivity index (χ0v) is 32.6. The van der Waals surface area contributed by atoms with Crippen molar-refractivity contribution in [2.75, 3.05) is 6.54 Å². The number of carbonyl (C=O) groups excluding carboxylic acids is 4. The summed E-state index contributed by atoms with van der Waals surface area (Å²) in [5.41, 5.74) is 4.97. The Morgan fingerprint density at radius 3 is 1.90 bits per heavy atom. The Morgan fingerprint density at radius 1 is 0.667 bits per heavy atom. The Hall–Kier alpha value is -7.19. The number of hydrogen-bond acceptors (Lipinski definition) is 9. The number of aliphatic hydroxyl groups is 1. The van der Waals surface area contributed by atoms with Crippen LogP contribution in [0.3, 0.4) is 0 Å². The van der Waals surface area contributed by atoms with Gasteiger partial charge in [0.2, 0.25) is 11.8 Å². The summed E-state index contributed by atoms with van der Waals surface area (Å²) in [6.45, 7) is -0.276. The number of carbonyl (C=O) groups is 5. The number of rotatable bonds is 13. The first kappa shape index (κ1) is 42.4. The molecule has 6 rings (SSSR count). The van der Waals surface area contributed by atoms with E-state index in [2.05, 4.69) is 21.3 Å². The van der Waals surface area contributed by atoms with Crippen LogP contribution in [0, 0.1) is 0 Å². The molecule has 310 valence electrons. The van der Waals surface area contributed by atoms with Gasteiger partial charge in [0.05, 0.1) is 6.10 Å². The van der Waals surface area contributed by atoms with Gasteiger partial charge in [0, 0.05) is 25.8 Å². The molecule has 0 unspecified atom stereocenters. The Labute approximate surface area is 346 Å². The van der Waals surface area contributed by atoms with Gasteiger partial charge in [-0.25, -0.2) is 14.4 Å². The molecule has 0 aromatic heterocycles. The van der Waals surface area contributed by atoms with Crippen molar-refractivity contribution in [3.8, 4) is 16.9 Å². The van der Waals surface area contributed by atoms with Gasteiger partial charge >= 0.3 is 18.2 Å². The highest BCUT2D eigenvalue weighted by atomic mass is 16.6. The molecule has 5 aromatic carbocycles. The molecule has 0 spiro atoms. The molecule has 1 aliphatic rings. The summed E-state index contributed by atoms with van der Waals surface area (Å²) < 4.78 is 17.0. The molecule has 60 heavy (non-hydrogen) atoms. The van der Waals surface area contributed by atoms with Crippen LogP contribution in [0.5, 0.6) is 5.75 Å². The van der Waals surface area contributed by atoms with Crippen LogP contribution in [-0.2, 0) is 56.5 Å². The van der Waals surface area contributed by atoms with E-state index in [9.17, 15) is 34.2 Å². The van der Waals surface area contributed by atoms with Gasteiger partial charge in [-0.2, -0.15) is 0 Å². The predicted molar refractivity (Wildman–Crippen MR) is 220 cm³/mol. The molecule has 0 fully saturated rings. The van der Waals surface area contributed by atoms with Gasteiger partial charge in [-0.3, -0.25) is 9.59 Å². The lowest BCUT2D eigenvalue weighted by Gasteiger charge is -2.26. The van der Waals surface area contributed by atoms with Crippen molar-refractivity contribution >= 4 is 30.0 Å². The van der Waals surface area contributed by atoms with E-state index >= 15 is 0 Å². The third-order valence-electron chi connectivity index (χ3n) is 9.69. The lowest BCUT2D eigenvalue weighted by Crippen LogP contribution is -2.57. The topological polar surface area (TPSA) is 202 Å². The van der Waals surface area contributed by atoms with Crippen molar-refractivity contribution in [2.45, 2.75) is 63.3 Å². The first-order chi connectivity index (χ1) is 29.1. The van der Waals surface area contributed by atoms with Gasteiger partial charge in [-0.15, -0.1) is 0 Å².